The average molecular weight is 309 g/mol. The van der Waals surface area contributed by atoms with E-state index in [1.165, 1.54) is 0 Å². The van der Waals surface area contributed by atoms with Crippen LogP contribution in [0.25, 0.3) is 22.4 Å². The Balaban J connectivity index is 1.91. The summed E-state index contributed by atoms with van der Waals surface area (Å²) in [4.78, 5) is 13.2. The number of fused-ring (bicyclic) bond motifs is 1. The normalized spacial score (nSPS) is 11.3. The number of para-hydroxylation sites is 2. The Morgan fingerprint density at radius 1 is 0.957 bits per heavy atom. The Labute approximate surface area is 137 Å². The molecule has 0 unspecified atom stereocenters. The molecule has 0 aliphatic heterocycles. The van der Waals surface area contributed by atoms with Crippen LogP contribution in [0.3, 0.4) is 0 Å². The Morgan fingerprint density at radius 3 is 2.39 bits per heavy atom. The molecule has 3 rings (SSSR count). The summed E-state index contributed by atoms with van der Waals surface area (Å²) >= 11 is 0. The number of aromatic nitrogens is 2. The molecule has 1 aromatic heterocycles. The average Bonchev–Trinajstić information content (AvgIpc) is 2.98. The van der Waals surface area contributed by atoms with Gasteiger partial charge in [0.25, 0.3) is 0 Å². The van der Waals surface area contributed by atoms with E-state index in [2.05, 4.69) is 30.9 Å². The number of hydrogen-bond acceptors (Lipinski definition) is 3. The lowest BCUT2D eigenvalue weighted by atomic mass is 10.2. The molecule has 120 valence electrons. The van der Waals surface area contributed by atoms with Crippen molar-refractivity contribution in [3.63, 3.8) is 0 Å². The maximum atomic E-state index is 6.09. The Morgan fingerprint density at radius 2 is 1.65 bits per heavy atom. The third kappa shape index (κ3) is 3.37. The number of imidazole rings is 1. The van der Waals surface area contributed by atoms with Crippen LogP contribution >= 0.6 is 0 Å². The molecule has 0 N–H and O–H groups in total. The summed E-state index contributed by atoms with van der Waals surface area (Å²) in [5.74, 6) is 0.853. The van der Waals surface area contributed by atoms with Crippen molar-refractivity contribution < 1.29 is 4.84 Å². The Hall–Kier alpha value is -2.33. The van der Waals surface area contributed by atoms with Gasteiger partial charge in [-0.1, -0.05) is 56.3 Å². The predicted octanol–water partition coefficient (Wildman–Crippen LogP) is 3.47. The Bertz CT molecular complexity index is 748. The molecule has 0 saturated heterocycles. The largest absolute Gasteiger partial charge is 0.410 e. The predicted molar refractivity (Wildman–Crippen MR) is 94.4 cm³/mol. The molecule has 0 fully saturated rings. The number of nitrogens with zero attached hydrogens (tertiary/aromatic N) is 3. The topological polar surface area (TPSA) is 30.3 Å². The summed E-state index contributed by atoms with van der Waals surface area (Å²) in [5.41, 5.74) is 3.02. The second-order valence-electron chi connectivity index (χ2n) is 5.44. The van der Waals surface area contributed by atoms with Crippen LogP contribution in [-0.2, 0) is 0 Å². The van der Waals surface area contributed by atoms with E-state index >= 15 is 0 Å². The van der Waals surface area contributed by atoms with Crippen LogP contribution in [0.4, 0.5) is 0 Å². The lowest BCUT2D eigenvalue weighted by molar-refractivity contribution is 0.0985. The lowest BCUT2D eigenvalue weighted by Gasteiger charge is -2.18. The maximum Gasteiger partial charge on any atom is 0.176 e. The van der Waals surface area contributed by atoms with Gasteiger partial charge >= 0.3 is 0 Å². The molecule has 0 aliphatic carbocycles. The molecule has 3 aromatic rings. The first kappa shape index (κ1) is 15.6. The zero-order valence-corrected chi connectivity index (χ0v) is 13.8. The summed E-state index contributed by atoms with van der Waals surface area (Å²) < 4.78 is 1.87. The van der Waals surface area contributed by atoms with E-state index in [0.29, 0.717) is 6.61 Å². The van der Waals surface area contributed by atoms with Gasteiger partial charge in [0, 0.05) is 12.1 Å². The van der Waals surface area contributed by atoms with Crippen molar-refractivity contribution in [1.82, 2.24) is 14.6 Å². The van der Waals surface area contributed by atoms with E-state index in [4.69, 9.17) is 9.82 Å². The quantitative estimate of drug-likeness (QED) is 0.669. The van der Waals surface area contributed by atoms with Crippen LogP contribution in [0.1, 0.15) is 13.8 Å². The maximum absolute atomic E-state index is 6.09. The molecule has 1 heterocycles. The van der Waals surface area contributed by atoms with Crippen molar-refractivity contribution in [2.45, 2.75) is 13.8 Å². The summed E-state index contributed by atoms with van der Waals surface area (Å²) in [6.45, 7) is 7.97. The van der Waals surface area contributed by atoms with Crippen molar-refractivity contribution in [3.8, 4) is 11.4 Å². The van der Waals surface area contributed by atoms with Gasteiger partial charge in [-0.2, -0.15) is 4.73 Å². The fourth-order valence-electron chi connectivity index (χ4n) is 2.70. The van der Waals surface area contributed by atoms with Gasteiger partial charge in [-0.3, -0.25) is 0 Å². The minimum absolute atomic E-state index is 0.641. The SMILES string of the molecule is CCN(CC)CCOn1c(-c2ccccc2)nc2ccccc21. The zero-order chi connectivity index (χ0) is 16.1. The van der Waals surface area contributed by atoms with Gasteiger partial charge in [0.15, 0.2) is 5.82 Å². The number of hydrogen-bond donors (Lipinski definition) is 0. The van der Waals surface area contributed by atoms with Crippen molar-refractivity contribution in [3.05, 3.63) is 54.6 Å². The molecule has 0 spiro atoms. The second kappa shape index (κ2) is 7.29. The minimum Gasteiger partial charge on any atom is -0.410 e. The third-order valence-corrected chi connectivity index (χ3v) is 4.07. The van der Waals surface area contributed by atoms with E-state index in [1.807, 2.05) is 47.2 Å². The molecule has 2 aromatic carbocycles. The van der Waals surface area contributed by atoms with Crippen LogP contribution in [0.2, 0.25) is 0 Å². The standard InChI is InChI=1S/C19H23N3O/c1-3-21(4-2)14-15-23-22-18-13-9-8-12-17(18)20-19(22)16-10-6-5-7-11-16/h5-13H,3-4,14-15H2,1-2H3. The van der Waals surface area contributed by atoms with Crippen LogP contribution < -0.4 is 4.84 Å². The molecule has 0 saturated carbocycles. The molecule has 4 heteroatoms. The van der Waals surface area contributed by atoms with Crippen LogP contribution in [0.5, 0.6) is 0 Å². The lowest BCUT2D eigenvalue weighted by Crippen LogP contribution is -2.30. The Kier molecular flexibility index (Phi) is 4.93. The van der Waals surface area contributed by atoms with Gasteiger partial charge in [0.2, 0.25) is 0 Å². The van der Waals surface area contributed by atoms with Crippen molar-refractivity contribution in [2.24, 2.45) is 0 Å². The molecule has 0 atom stereocenters. The minimum atomic E-state index is 0.641. The first-order chi connectivity index (χ1) is 11.3. The summed E-state index contributed by atoms with van der Waals surface area (Å²) in [6.07, 6.45) is 0. The van der Waals surface area contributed by atoms with Gasteiger partial charge in [-0.15, -0.1) is 0 Å². The van der Waals surface area contributed by atoms with Gasteiger partial charge in [0.1, 0.15) is 12.1 Å². The number of likely N-dealkylation sites (N-methyl/N-ethyl adjacent to an activating group) is 1. The highest BCUT2D eigenvalue weighted by atomic mass is 16.7. The highest BCUT2D eigenvalue weighted by Gasteiger charge is 2.13. The molecule has 0 bridgehead atoms. The van der Waals surface area contributed by atoms with Gasteiger partial charge in [0.05, 0.1) is 5.52 Å². The molecule has 0 aliphatic rings. The molecule has 0 radical (unpaired) electrons. The van der Waals surface area contributed by atoms with Gasteiger partial charge in [-0.05, 0) is 25.2 Å². The van der Waals surface area contributed by atoms with Gasteiger partial charge in [-0.25, -0.2) is 4.98 Å². The monoisotopic (exact) mass is 309 g/mol. The molecule has 0 amide bonds. The van der Waals surface area contributed by atoms with Crippen LogP contribution in [-0.4, -0.2) is 40.9 Å². The zero-order valence-electron chi connectivity index (χ0n) is 13.8. The van der Waals surface area contributed by atoms with E-state index < -0.39 is 0 Å². The summed E-state index contributed by atoms with van der Waals surface area (Å²) in [7, 11) is 0. The van der Waals surface area contributed by atoms with Gasteiger partial charge < -0.3 is 9.74 Å². The van der Waals surface area contributed by atoms with E-state index in [1.54, 1.807) is 0 Å². The fourth-order valence-corrected chi connectivity index (χ4v) is 2.70. The van der Waals surface area contributed by atoms with Crippen LogP contribution in [0, 0.1) is 0 Å². The third-order valence-electron chi connectivity index (χ3n) is 4.07. The van der Waals surface area contributed by atoms with Crippen molar-refractivity contribution in [1.29, 1.82) is 0 Å². The fraction of sp³-hybridized carbons (Fsp3) is 0.316. The molecular weight excluding hydrogens is 286 g/mol. The smallest absolute Gasteiger partial charge is 0.176 e. The van der Waals surface area contributed by atoms with E-state index in [9.17, 15) is 0 Å². The first-order valence-electron chi connectivity index (χ1n) is 8.22. The second-order valence-corrected chi connectivity index (χ2v) is 5.44. The molecule has 4 nitrogen and oxygen atoms in total. The summed E-state index contributed by atoms with van der Waals surface area (Å²) in [6, 6.07) is 18.3. The summed E-state index contributed by atoms with van der Waals surface area (Å²) in [5, 5.41) is 0. The number of benzene rings is 2. The first-order valence-corrected chi connectivity index (χ1v) is 8.22. The number of rotatable bonds is 7. The van der Waals surface area contributed by atoms with E-state index in [-0.39, 0.29) is 0 Å². The van der Waals surface area contributed by atoms with Crippen LogP contribution in [0.15, 0.2) is 54.6 Å². The van der Waals surface area contributed by atoms with E-state index in [0.717, 1.165) is 42.1 Å². The molecular formula is C19H23N3O. The highest BCUT2D eigenvalue weighted by Crippen LogP contribution is 2.23. The highest BCUT2D eigenvalue weighted by molar-refractivity contribution is 5.80. The van der Waals surface area contributed by atoms with Crippen molar-refractivity contribution in [2.75, 3.05) is 26.2 Å². The molecule has 23 heavy (non-hydrogen) atoms. The van der Waals surface area contributed by atoms with Crippen molar-refractivity contribution >= 4 is 11.0 Å².